The van der Waals surface area contributed by atoms with Crippen molar-refractivity contribution >= 4 is 29.9 Å². The van der Waals surface area contributed by atoms with Gasteiger partial charge < -0.3 is 19.7 Å². The molecule has 5 nitrogen and oxygen atoms in total. The standard InChI is InChI=1S/C16H33N3O2.HI/c1-5-17-16(18-9-12-20-13-14(3)4)19-10-7-15(8-11-19)21-6-2;/h14-15H,5-13H2,1-4H3,(H,17,18);1H. The summed E-state index contributed by atoms with van der Waals surface area (Å²) in [6, 6.07) is 0. The molecule has 1 N–H and O–H groups in total. The zero-order valence-electron chi connectivity index (χ0n) is 14.6. The van der Waals surface area contributed by atoms with Crippen LogP contribution in [0.4, 0.5) is 0 Å². The quantitative estimate of drug-likeness (QED) is 0.280. The van der Waals surface area contributed by atoms with Crippen LogP contribution in [-0.2, 0) is 9.47 Å². The molecule has 132 valence electrons. The summed E-state index contributed by atoms with van der Waals surface area (Å²) in [5.74, 6) is 1.60. The maximum Gasteiger partial charge on any atom is 0.193 e. The van der Waals surface area contributed by atoms with Gasteiger partial charge in [-0.3, -0.25) is 4.99 Å². The fourth-order valence-electron chi connectivity index (χ4n) is 2.43. The Labute approximate surface area is 153 Å². The highest BCUT2D eigenvalue weighted by atomic mass is 127. The molecule has 1 fully saturated rings. The fraction of sp³-hybridized carbons (Fsp3) is 0.938. The first-order valence-electron chi connectivity index (χ1n) is 8.39. The monoisotopic (exact) mass is 427 g/mol. The van der Waals surface area contributed by atoms with Gasteiger partial charge in [-0.05, 0) is 32.6 Å². The number of likely N-dealkylation sites (tertiary alicyclic amines) is 1. The van der Waals surface area contributed by atoms with E-state index in [0.29, 0.717) is 18.6 Å². The van der Waals surface area contributed by atoms with Crippen molar-refractivity contribution < 1.29 is 9.47 Å². The second-order valence-corrected chi connectivity index (χ2v) is 5.85. The molecule has 1 rings (SSSR count). The number of guanidine groups is 1. The topological polar surface area (TPSA) is 46.1 Å². The Hall–Kier alpha value is -0.0800. The van der Waals surface area contributed by atoms with Crippen LogP contribution >= 0.6 is 24.0 Å². The van der Waals surface area contributed by atoms with Gasteiger partial charge in [0.15, 0.2) is 5.96 Å². The molecule has 0 amide bonds. The number of rotatable bonds is 8. The number of halogens is 1. The van der Waals surface area contributed by atoms with Crippen LogP contribution in [0.15, 0.2) is 4.99 Å². The number of nitrogens with zero attached hydrogens (tertiary/aromatic N) is 2. The zero-order chi connectivity index (χ0) is 15.5. The Bertz CT molecular complexity index is 293. The molecule has 0 unspecified atom stereocenters. The van der Waals surface area contributed by atoms with E-state index in [-0.39, 0.29) is 24.0 Å². The highest BCUT2D eigenvalue weighted by molar-refractivity contribution is 14.0. The van der Waals surface area contributed by atoms with Crippen LogP contribution in [0.1, 0.15) is 40.5 Å². The summed E-state index contributed by atoms with van der Waals surface area (Å²) in [5.41, 5.74) is 0. The average Bonchev–Trinajstić information content (AvgIpc) is 2.47. The van der Waals surface area contributed by atoms with Gasteiger partial charge in [0.25, 0.3) is 0 Å². The number of aliphatic imine (C=N–C) groups is 1. The summed E-state index contributed by atoms with van der Waals surface area (Å²) in [5, 5.41) is 3.38. The maximum absolute atomic E-state index is 5.70. The molecular formula is C16H34IN3O2. The van der Waals surface area contributed by atoms with E-state index in [1.807, 2.05) is 0 Å². The van der Waals surface area contributed by atoms with Crippen LogP contribution < -0.4 is 5.32 Å². The first-order chi connectivity index (χ1) is 10.2. The fourth-order valence-corrected chi connectivity index (χ4v) is 2.43. The van der Waals surface area contributed by atoms with Crippen molar-refractivity contribution in [1.29, 1.82) is 0 Å². The summed E-state index contributed by atoms with van der Waals surface area (Å²) in [4.78, 5) is 7.01. The molecule has 6 heteroatoms. The normalized spacial score (nSPS) is 16.8. The van der Waals surface area contributed by atoms with Crippen molar-refractivity contribution in [1.82, 2.24) is 10.2 Å². The first-order valence-corrected chi connectivity index (χ1v) is 8.39. The van der Waals surface area contributed by atoms with Gasteiger partial charge in [0.05, 0.1) is 19.3 Å². The van der Waals surface area contributed by atoms with Crippen molar-refractivity contribution in [2.24, 2.45) is 10.9 Å². The predicted molar refractivity (Wildman–Crippen MR) is 103 cm³/mol. The smallest absolute Gasteiger partial charge is 0.193 e. The van der Waals surface area contributed by atoms with E-state index in [1.54, 1.807) is 0 Å². The second-order valence-electron chi connectivity index (χ2n) is 5.85. The lowest BCUT2D eigenvalue weighted by Gasteiger charge is -2.34. The molecule has 0 aromatic rings. The molecule has 0 aromatic heterocycles. The van der Waals surface area contributed by atoms with Gasteiger partial charge in [-0.15, -0.1) is 24.0 Å². The van der Waals surface area contributed by atoms with E-state index >= 15 is 0 Å². The highest BCUT2D eigenvalue weighted by Crippen LogP contribution is 2.13. The molecule has 1 saturated heterocycles. The Kier molecular flexibility index (Phi) is 13.3. The average molecular weight is 427 g/mol. The first kappa shape index (κ1) is 21.9. The van der Waals surface area contributed by atoms with Gasteiger partial charge >= 0.3 is 0 Å². The summed E-state index contributed by atoms with van der Waals surface area (Å²) in [7, 11) is 0. The van der Waals surface area contributed by atoms with Gasteiger partial charge in [-0.2, -0.15) is 0 Å². The minimum absolute atomic E-state index is 0. The van der Waals surface area contributed by atoms with Gasteiger partial charge in [0, 0.05) is 32.8 Å². The van der Waals surface area contributed by atoms with Gasteiger partial charge in [0.1, 0.15) is 0 Å². The molecule has 22 heavy (non-hydrogen) atoms. The molecule has 0 saturated carbocycles. The van der Waals surface area contributed by atoms with Crippen molar-refractivity contribution in [3.05, 3.63) is 0 Å². The van der Waals surface area contributed by atoms with Gasteiger partial charge in [-0.25, -0.2) is 0 Å². The van der Waals surface area contributed by atoms with E-state index in [9.17, 15) is 0 Å². The molecule has 0 aliphatic carbocycles. The summed E-state index contributed by atoms with van der Waals surface area (Å²) in [6.45, 7) is 14.5. The van der Waals surface area contributed by atoms with Crippen LogP contribution in [0.5, 0.6) is 0 Å². The summed E-state index contributed by atoms with van der Waals surface area (Å²) < 4.78 is 11.3. The van der Waals surface area contributed by atoms with Crippen LogP contribution in [0, 0.1) is 5.92 Å². The van der Waals surface area contributed by atoms with Crippen molar-refractivity contribution in [2.45, 2.75) is 46.6 Å². The van der Waals surface area contributed by atoms with E-state index in [0.717, 1.165) is 58.2 Å². The van der Waals surface area contributed by atoms with Crippen LogP contribution in [0.3, 0.4) is 0 Å². The third-order valence-electron chi connectivity index (χ3n) is 3.43. The van der Waals surface area contributed by atoms with Crippen molar-refractivity contribution in [3.8, 4) is 0 Å². The highest BCUT2D eigenvalue weighted by Gasteiger charge is 2.21. The summed E-state index contributed by atoms with van der Waals surface area (Å²) >= 11 is 0. The lowest BCUT2D eigenvalue weighted by atomic mass is 10.1. The molecule has 0 bridgehead atoms. The van der Waals surface area contributed by atoms with Crippen LogP contribution in [0.25, 0.3) is 0 Å². The Morgan fingerprint density at radius 3 is 2.50 bits per heavy atom. The molecule has 1 aliphatic heterocycles. The largest absolute Gasteiger partial charge is 0.379 e. The Balaban J connectivity index is 0.00000441. The number of piperidine rings is 1. The molecule has 1 aliphatic rings. The SMILES string of the molecule is CCNC(=NCCOCC(C)C)N1CCC(OCC)CC1.I. The van der Waals surface area contributed by atoms with E-state index in [1.165, 1.54) is 0 Å². The third kappa shape index (κ3) is 9.15. The second kappa shape index (κ2) is 13.4. The van der Waals surface area contributed by atoms with Gasteiger partial charge in [0.2, 0.25) is 0 Å². The maximum atomic E-state index is 5.70. The lowest BCUT2D eigenvalue weighted by Crippen LogP contribution is -2.47. The number of hydrogen-bond donors (Lipinski definition) is 1. The molecule has 1 heterocycles. The van der Waals surface area contributed by atoms with Gasteiger partial charge in [-0.1, -0.05) is 13.8 Å². The van der Waals surface area contributed by atoms with Crippen LogP contribution in [0.2, 0.25) is 0 Å². The van der Waals surface area contributed by atoms with E-state index in [2.05, 4.69) is 42.9 Å². The minimum Gasteiger partial charge on any atom is -0.379 e. The minimum atomic E-state index is 0. The number of nitrogens with one attached hydrogen (secondary N) is 1. The number of ether oxygens (including phenoxy) is 2. The van der Waals surface area contributed by atoms with E-state index in [4.69, 9.17) is 9.47 Å². The number of hydrogen-bond acceptors (Lipinski definition) is 3. The Morgan fingerprint density at radius 2 is 1.95 bits per heavy atom. The Morgan fingerprint density at radius 1 is 1.27 bits per heavy atom. The van der Waals surface area contributed by atoms with Crippen molar-refractivity contribution in [2.75, 3.05) is 46.0 Å². The molecule has 0 aromatic carbocycles. The van der Waals surface area contributed by atoms with E-state index < -0.39 is 0 Å². The molecular weight excluding hydrogens is 393 g/mol. The predicted octanol–water partition coefficient (Wildman–Crippen LogP) is 2.74. The van der Waals surface area contributed by atoms with Crippen molar-refractivity contribution in [3.63, 3.8) is 0 Å². The molecule has 0 atom stereocenters. The lowest BCUT2D eigenvalue weighted by molar-refractivity contribution is 0.0263. The zero-order valence-corrected chi connectivity index (χ0v) is 17.0. The van der Waals surface area contributed by atoms with Crippen LogP contribution in [-0.4, -0.2) is 63.0 Å². The summed E-state index contributed by atoms with van der Waals surface area (Å²) in [6.07, 6.45) is 2.59. The third-order valence-corrected chi connectivity index (χ3v) is 3.43. The molecule has 0 spiro atoms. The molecule has 0 radical (unpaired) electrons.